The van der Waals surface area contributed by atoms with Gasteiger partial charge in [-0.25, -0.2) is 4.39 Å². The molecule has 2 N–H and O–H groups in total. The van der Waals surface area contributed by atoms with Gasteiger partial charge in [0.1, 0.15) is 5.82 Å². The molecule has 1 heterocycles. The van der Waals surface area contributed by atoms with Crippen molar-refractivity contribution in [2.45, 2.75) is 32.0 Å². The zero-order valence-corrected chi connectivity index (χ0v) is 12.5. The lowest BCUT2D eigenvalue weighted by molar-refractivity contribution is 0.201. The number of hydrogen-bond donors (Lipinski definition) is 1. The van der Waals surface area contributed by atoms with Gasteiger partial charge in [0.15, 0.2) is 0 Å². The molecule has 0 aliphatic rings. The molecule has 0 fully saturated rings. The molecule has 1 aromatic heterocycles. The van der Waals surface area contributed by atoms with Gasteiger partial charge in [-0.3, -0.25) is 9.88 Å². The van der Waals surface area contributed by atoms with E-state index in [0.29, 0.717) is 0 Å². The normalized spacial score (nSPS) is 14.1. The highest BCUT2D eigenvalue weighted by atomic mass is 19.1. The minimum Gasteiger partial charge on any atom is -0.326 e. The molecule has 2 unspecified atom stereocenters. The third-order valence-corrected chi connectivity index (χ3v) is 3.74. The van der Waals surface area contributed by atoms with Crippen LogP contribution in [0.2, 0.25) is 0 Å². The molecule has 2 atom stereocenters. The number of hydrogen-bond acceptors (Lipinski definition) is 3. The van der Waals surface area contributed by atoms with Gasteiger partial charge in [0.2, 0.25) is 0 Å². The minimum atomic E-state index is -0.223. The number of rotatable bonds is 6. The fourth-order valence-electron chi connectivity index (χ4n) is 2.59. The van der Waals surface area contributed by atoms with Crippen molar-refractivity contribution in [1.29, 1.82) is 0 Å². The Hall–Kier alpha value is -1.78. The monoisotopic (exact) mass is 287 g/mol. The van der Waals surface area contributed by atoms with Crippen LogP contribution in [0.5, 0.6) is 0 Å². The molecule has 0 radical (unpaired) electrons. The van der Waals surface area contributed by atoms with Crippen molar-refractivity contribution in [1.82, 2.24) is 9.88 Å². The molecular formula is C17H22FN3. The van der Waals surface area contributed by atoms with Crippen LogP contribution in [0, 0.1) is 5.82 Å². The van der Waals surface area contributed by atoms with E-state index in [0.717, 1.165) is 18.5 Å². The fraction of sp³-hybridized carbons (Fsp3) is 0.353. The first kappa shape index (κ1) is 15.6. The highest BCUT2D eigenvalue weighted by molar-refractivity contribution is 5.22. The number of likely N-dealkylation sites (N-methyl/N-ethyl adjacent to an activating group) is 1. The molecule has 0 aliphatic heterocycles. The van der Waals surface area contributed by atoms with Crippen LogP contribution >= 0.6 is 0 Å². The highest BCUT2D eigenvalue weighted by Crippen LogP contribution is 2.25. The lowest BCUT2D eigenvalue weighted by atomic mass is 9.96. The van der Waals surface area contributed by atoms with Gasteiger partial charge in [0.25, 0.3) is 0 Å². The van der Waals surface area contributed by atoms with Crippen molar-refractivity contribution in [3.8, 4) is 0 Å². The van der Waals surface area contributed by atoms with Crippen LogP contribution in [0.25, 0.3) is 0 Å². The summed E-state index contributed by atoms with van der Waals surface area (Å²) in [6.07, 6.45) is 4.44. The highest BCUT2D eigenvalue weighted by Gasteiger charge is 2.23. The first-order valence-electron chi connectivity index (χ1n) is 7.22. The summed E-state index contributed by atoms with van der Waals surface area (Å²) >= 11 is 0. The molecule has 2 aromatic rings. The average molecular weight is 287 g/mol. The summed E-state index contributed by atoms with van der Waals surface area (Å²) in [5.74, 6) is -0.223. The number of nitrogens with zero attached hydrogens (tertiary/aromatic N) is 2. The van der Waals surface area contributed by atoms with Gasteiger partial charge in [0, 0.05) is 31.0 Å². The summed E-state index contributed by atoms with van der Waals surface area (Å²) in [6.45, 7) is 2.85. The molecule has 1 aromatic carbocycles. The number of pyridine rings is 1. The maximum Gasteiger partial charge on any atom is 0.123 e. The third-order valence-electron chi connectivity index (χ3n) is 3.74. The predicted molar refractivity (Wildman–Crippen MR) is 83.1 cm³/mol. The Kier molecular flexibility index (Phi) is 5.42. The number of aromatic nitrogens is 1. The van der Waals surface area contributed by atoms with Crippen LogP contribution < -0.4 is 5.73 Å². The summed E-state index contributed by atoms with van der Waals surface area (Å²) in [5.41, 5.74) is 8.52. The molecular weight excluding hydrogens is 265 g/mol. The van der Waals surface area contributed by atoms with E-state index in [9.17, 15) is 4.39 Å². The summed E-state index contributed by atoms with van der Waals surface area (Å²) in [5, 5.41) is 0. The minimum absolute atomic E-state index is 0.00213. The van der Waals surface area contributed by atoms with Gasteiger partial charge in [-0.15, -0.1) is 0 Å². The molecule has 21 heavy (non-hydrogen) atoms. The van der Waals surface area contributed by atoms with Crippen LogP contribution in [-0.2, 0) is 6.54 Å². The fourth-order valence-corrected chi connectivity index (χ4v) is 2.59. The topological polar surface area (TPSA) is 42.1 Å². The molecule has 4 heteroatoms. The standard InChI is InChI=1S/C17H22FN3/c1-3-16(19)17(14-4-6-15(18)7-5-14)21(2)12-13-8-10-20-11-9-13/h4-11,16-17H,3,12,19H2,1-2H3. The van der Waals surface area contributed by atoms with Gasteiger partial charge < -0.3 is 5.73 Å². The second kappa shape index (κ2) is 7.29. The Bertz CT molecular complexity index is 542. The molecule has 3 nitrogen and oxygen atoms in total. The Morgan fingerprint density at radius 3 is 2.33 bits per heavy atom. The summed E-state index contributed by atoms with van der Waals surface area (Å²) in [7, 11) is 2.05. The number of halogens is 1. The molecule has 0 amide bonds. The summed E-state index contributed by atoms with van der Waals surface area (Å²) in [6, 6.07) is 10.7. The van der Waals surface area contributed by atoms with Crippen molar-refractivity contribution >= 4 is 0 Å². The third kappa shape index (κ3) is 4.09. The van der Waals surface area contributed by atoms with E-state index in [4.69, 9.17) is 5.73 Å². The molecule has 0 aliphatic carbocycles. The Labute approximate surface area is 125 Å². The maximum atomic E-state index is 13.1. The average Bonchev–Trinajstić information content (AvgIpc) is 2.50. The Balaban J connectivity index is 2.21. The van der Waals surface area contributed by atoms with Crippen molar-refractivity contribution < 1.29 is 4.39 Å². The van der Waals surface area contributed by atoms with E-state index in [1.54, 1.807) is 12.4 Å². The first-order chi connectivity index (χ1) is 10.1. The molecule has 0 saturated heterocycles. The van der Waals surface area contributed by atoms with Gasteiger partial charge in [-0.2, -0.15) is 0 Å². The summed E-state index contributed by atoms with van der Waals surface area (Å²) < 4.78 is 13.1. The van der Waals surface area contributed by atoms with E-state index < -0.39 is 0 Å². The van der Waals surface area contributed by atoms with E-state index >= 15 is 0 Å². The van der Waals surface area contributed by atoms with Gasteiger partial charge >= 0.3 is 0 Å². The molecule has 0 bridgehead atoms. The van der Waals surface area contributed by atoms with E-state index in [2.05, 4.69) is 16.8 Å². The molecule has 0 spiro atoms. The zero-order chi connectivity index (χ0) is 15.2. The van der Waals surface area contributed by atoms with Crippen molar-refractivity contribution in [2.75, 3.05) is 7.05 Å². The smallest absolute Gasteiger partial charge is 0.123 e. The van der Waals surface area contributed by atoms with Gasteiger partial charge in [-0.1, -0.05) is 19.1 Å². The second-order valence-corrected chi connectivity index (χ2v) is 5.34. The van der Waals surface area contributed by atoms with Crippen molar-refractivity contribution in [2.24, 2.45) is 5.73 Å². The van der Waals surface area contributed by atoms with Crippen LogP contribution in [0.15, 0.2) is 48.8 Å². The van der Waals surface area contributed by atoms with E-state index in [1.165, 1.54) is 17.7 Å². The van der Waals surface area contributed by atoms with Crippen LogP contribution in [0.1, 0.15) is 30.5 Å². The SMILES string of the molecule is CCC(N)C(c1ccc(F)cc1)N(C)Cc1ccncc1. The summed E-state index contributed by atoms with van der Waals surface area (Å²) in [4.78, 5) is 6.24. The quantitative estimate of drug-likeness (QED) is 0.887. The van der Waals surface area contributed by atoms with Crippen LogP contribution in [-0.4, -0.2) is 23.0 Å². The lowest BCUT2D eigenvalue weighted by Crippen LogP contribution is -2.38. The Morgan fingerprint density at radius 2 is 1.76 bits per heavy atom. The van der Waals surface area contributed by atoms with Gasteiger partial charge in [0.05, 0.1) is 0 Å². The molecule has 2 rings (SSSR count). The number of nitrogens with two attached hydrogens (primary N) is 1. The molecule has 0 saturated carbocycles. The van der Waals surface area contributed by atoms with E-state index in [-0.39, 0.29) is 17.9 Å². The Morgan fingerprint density at radius 1 is 1.14 bits per heavy atom. The maximum absolute atomic E-state index is 13.1. The van der Waals surface area contributed by atoms with Gasteiger partial charge in [-0.05, 0) is 48.9 Å². The van der Waals surface area contributed by atoms with E-state index in [1.807, 2.05) is 31.3 Å². The second-order valence-electron chi connectivity index (χ2n) is 5.34. The zero-order valence-electron chi connectivity index (χ0n) is 12.5. The van der Waals surface area contributed by atoms with Crippen LogP contribution in [0.4, 0.5) is 4.39 Å². The van der Waals surface area contributed by atoms with Crippen molar-refractivity contribution in [3.05, 3.63) is 65.7 Å². The predicted octanol–water partition coefficient (Wildman–Crippen LogP) is 3.13. The van der Waals surface area contributed by atoms with Crippen LogP contribution in [0.3, 0.4) is 0 Å². The largest absolute Gasteiger partial charge is 0.326 e. The first-order valence-corrected chi connectivity index (χ1v) is 7.22. The number of benzene rings is 1. The van der Waals surface area contributed by atoms with Crippen molar-refractivity contribution in [3.63, 3.8) is 0 Å². The molecule has 112 valence electrons. The lowest BCUT2D eigenvalue weighted by Gasteiger charge is -2.33.